The molecule has 0 fully saturated rings. The van der Waals surface area contributed by atoms with Crippen LogP contribution in [0.15, 0.2) is 51.0 Å². The third kappa shape index (κ3) is 4.20. The first-order chi connectivity index (χ1) is 15.4. The fourth-order valence-corrected chi connectivity index (χ4v) is 4.32. The molecule has 9 heteroatoms. The summed E-state index contributed by atoms with van der Waals surface area (Å²) in [6.07, 6.45) is 1.57. The number of fused-ring (bicyclic) bond motifs is 1. The summed E-state index contributed by atoms with van der Waals surface area (Å²) in [6.45, 7) is 8.53. The van der Waals surface area contributed by atoms with Crippen molar-refractivity contribution in [2.45, 2.75) is 45.9 Å². The highest BCUT2D eigenvalue weighted by molar-refractivity contribution is 7.99. The molecule has 1 N–H and O–H groups in total. The predicted octanol–water partition coefficient (Wildman–Crippen LogP) is 3.91. The average molecular weight is 452 g/mol. The maximum absolute atomic E-state index is 13.4. The van der Waals surface area contributed by atoms with Crippen LogP contribution in [-0.2, 0) is 17.9 Å². The van der Waals surface area contributed by atoms with E-state index in [1.165, 1.54) is 11.8 Å². The number of amides is 1. The molecule has 4 aromatic rings. The van der Waals surface area contributed by atoms with Crippen LogP contribution in [0.3, 0.4) is 0 Å². The zero-order valence-corrected chi connectivity index (χ0v) is 19.3. The second-order valence-electron chi connectivity index (χ2n) is 7.55. The molecular weight excluding hydrogens is 426 g/mol. The largest absolute Gasteiger partial charge is 0.467 e. The highest BCUT2D eigenvalue weighted by Crippen LogP contribution is 2.22. The van der Waals surface area contributed by atoms with E-state index in [1.807, 2.05) is 45.9 Å². The lowest BCUT2D eigenvalue weighted by molar-refractivity contribution is -0.113. The minimum atomic E-state index is -0.203. The van der Waals surface area contributed by atoms with Crippen LogP contribution in [0, 0.1) is 20.8 Å². The van der Waals surface area contributed by atoms with Gasteiger partial charge in [0.15, 0.2) is 10.7 Å². The number of nitrogens with one attached hydrogen (secondary N) is 1. The van der Waals surface area contributed by atoms with Gasteiger partial charge in [-0.15, -0.1) is 0 Å². The zero-order chi connectivity index (χ0) is 22.8. The average Bonchev–Trinajstić information content (AvgIpc) is 3.40. The third-order valence-electron chi connectivity index (χ3n) is 5.39. The van der Waals surface area contributed by atoms with Crippen molar-refractivity contribution in [2.75, 3.05) is 11.1 Å². The molecule has 1 amide bonds. The third-order valence-corrected chi connectivity index (χ3v) is 6.36. The van der Waals surface area contributed by atoms with Crippen LogP contribution in [0.25, 0.3) is 11.0 Å². The van der Waals surface area contributed by atoms with Crippen molar-refractivity contribution in [3.63, 3.8) is 0 Å². The molecule has 1 aromatic carbocycles. The van der Waals surface area contributed by atoms with Crippen molar-refractivity contribution >= 4 is 34.4 Å². The summed E-state index contributed by atoms with van der Waals surface area (Å²) in [6, 6.07) is 9.38. The molecule has 3 aromatic heterocycles. The van der Waals surface area contributed by atoms with Crippen molar-refractivity contribution in [1.29, 1.82) is 0 Å². The van der Waals surface area contributed by atoms with Crippen LogP contribution in [0.5, 0.6) is 0 Å². The lowest BCUT2D eigenvalue weighted by atomic mass is 10.1. The van der Waals surface area contributed by atoms with Gasteiger partial charge < -0.3 is 9.73 Å². The number of thioether (sulfide) groups is 1. The number of rotatable bonds is 7. The Morgan fingerprint density at radius 2 is 2.00 bits per heavy atom. The predicted molar refractivity (Wildman–Crippen MR) is 125 cm³/mol. The van der Waals surface area contributed by atoms with Crippen molar-refractivity contribution in [1.82, 2.24) is 19.3 Å². The fourth-order valence-electron chi connectivity index (χ4n) is 3.53. The molecule has 0 atom stereocenters. The first kappa shape index (κ1) is 21.9. The Labute approximate surface area is 189 Å². The number of furan rings is 1. The number of benzene rings is 1. The van der Waals surface area contributed by atoms with E-state index in [9.17, 15) is 9.59 Å². The van der Waals surface area contributed by atoms with Gasteiger partial charge in [0.1, 0.15) is 11.3 Å². The quantitative estimate of drug-likeness (QED) is 0.338. The molecule has 32 heavy (non-hydrogen) atoms. The molecular formula is C23H25N5O3S. The van der Waals surface area contributed by atoms with E-state index in [4.69, 9.17) is 9.40 Å². The second kappa shape index (κ2) is 9.04. The SMILES string of the molecule is CCn1nc(C)c2nc(SCC(=O)Nc3cccc(C)c3C)n(Cc3ccco3)c(=O)c21. The second-order valence-corrected chi connectivity index (χ2v) is 8.49. The Hall–Kier alpha value is -3.33. The Kier molecular flexibility index (Phi) is 6.18. The van der Waals surface area contributed by atoms with Crippen molar-refractivity contribution in [3.05, 3.63) is 69.5 Å². The highest BCUT2D eigenvalue weighted by Gasteiger charge is 2.20. The van der Waals surface area contributed by atoms with Crippen molar-refractivity contribution in [3.8, 4) is 0 Å². The van der Waals surface area contributed by atoms with Gasteiger partial charge in [0, 0.05) is 12.2 Å². The first-order valence-electron chi connectivity index (χ1n) is 10.4. The number of carbonyl (C=O) groups is 1. The van der Waals surface area contributed by atoms with Crippen LogP contribution < -0.4 is 10.9 Å². The van der Waals surface area contributed by atoms with Crippen molar-refractivity contribution < 1.29 is 9.21 Å². The van der Waals surface area contributed by atoms with Crippen molar-refractivity contribution in [2.24, 2.45) is 0 Å². The molecule has 0 aliphatic rings. The summed E-state index contributed by atoms with van der Waals surface area (Å²) in [5, 5.41) is 7.85. The minimum Gasteiger partial charge on any atom is -0.467 e. The number of anilines is 1. The molecule has 8 nitrogen and oxygen atoms in total. The van der Waals surface area contributed by atoms with Gasteiger partial charge in [0.05, 0.1) is 24.3 Å². The van der Waals surface area contributed by atoms with Gasteiger partial charge >= 0.3 is 0 Å². The van der Waals surface area contributed by atoms with Gasteiger partial charge in [-0.3, -0.25) is 18.8 Å². The lowest BCUT2D eigenvalue weighted by Gasteiger charge is -2.13. The summed E-state index contributed by atoms with van der Waals surface area (Å²) in [5.74, 6) is 0.586. The summed E-state index contributed by atoms with van der Waals surface area (Å²) < 4.78 is 8.66. The van der Waals surface area contributed by atoms with Gasteiger partial charge in [0.2, 0.25) is 5.91 Å². The van der Waals surface area contributed by atoms with Gasteiger partial charge in [-0.1, -0.05) is 23.9 Å². The Balaban J connectivity index is 1.66. The number of aromatic nitrogens is 4. The standard InChI is InChI=1S/C23H25N5O3S/c1-5-28-21-20(16(4)26-28)25-23(27(22(21)30)12-17-9-7-11-31-17)32-13-19(29)24-18-10-6-8-14(2)15(18)3/h6-11H,5,12-13H2,1-4H3,(H,24,29). The molecule has 0 radical (unpaired) electrons. The van der Waals surface area contributed by atoms with Gasteiger partial charge in [-0.2, -0.15) is 5.10 Å². The van der Waals surface area contributed by atoms with E-state index in [-0.39, 0.29) is 23.8 Å². The van der Waals surface area contributed by atoms with Gasteiger partial charge in [-0.25, -0.2) is 4.98 Å². The zero-order valence-electron chi connectivity index (χ0n) is 18.5. The maximum Gasteiger partial charge on any atom is 0.280 e. The van der Waals surface area contributed by atoms with E-state index in [0.717, 1.165) is 16.8 Å². The van der Waals surface area contributed by atoms with Gasteiger partial charge in [-0.05, 0) is 57.0 Å². The number of carbonyl (C=O) groups excluding carboxylic acids is 1. The number of aryl methyl sites for hydroxylation is 3. The number of nitrogens with zero attached hydrogens (tertiary/aromatic N) is 4. The molecule has 0 unspecified atom stereocenters. The molecule has 0 bridgehead atoms. The Bertz CT molecular complexity index is 1340. The maximum atomic E-state index is 13.4. The molecule has 0 saturated heterocycles. The number of hydrogen-bond donors (Lipinski definition) is 1. The molecule has 0 saturated carbocycles. The van der Waals surface area contributed by atoms with E-state index in [0.29, 0.717) is 34.2 Å². The Morgan fingerprint density at radius 3 is 2.72 bits per heavy atom. The molecule has 3 heterocycles. The smallest absolute Gasteiger partial charge is 0.280 e. The Morgan fingerprint density at radius 1 is 1.19 bits per heavy atom. The highest BCUT2D eigenvalue weighted by atomic mass is 32.2. The summed E-state index contributed by atoms with van der Waals surface area (Å²) >= 11 is 1.22. The minimum absolute atomic E-state index is 0.116. The normalized spacial score (nSPS) is 11.2. The monoisotopic (exact) mass is 451 g/mol. The topological polar surface area (TPSA) is 95.0 Å². The van der Waals surface area contributed by atoms with E-state index >= 15 is 0 Å². The summed E-state index contributed by atoms with van der Waals surface area (Å²) in [5.41, 5.74) is 4.43. The van der Waals surface area contributed by atoms with E-state index in [2.05, 4.69) is 10.4 Å². The molecule has 0 aliphatic carbocycles. The van der Waals surface area contributed by atoms with Crippen LogP contribution in [0.2, 0.25) is 0 Å². The summed E-state index contributed by atoms with van der Waals surface area (Å²) in [4.78, 5) is 30.8. The molecule has 0 aliphatic heterocycles. The van der Waals surface area contributed by atoms with Gasteiger partial charge in [0.25, 0.3) is 5.56 Å². The number of hydrogen-bond acceptors (Lipinski definition) is 6. The lowest BCUT2D eigenvalue weighted by Crippen LogP contribution is -2.26. The van der Waals surface area contributed by atoms with Crippen LogP contribution in [0.4, 0.5) is 5.69 Å². The van der Waals surface area contributed by atoms with Crippen LogP contribution in [0.1, 0.15) is 29.5 Å². The summed E-state index contributed by atoms with van der Waals surface area (Å²) in [7, 11) is 0. The van der Waals surface area contributed by atoms with Crippen LogP contribution >= 0.6 is 11.8 Å². The van der Waals surface area contributed by atoms with E-state index < -0.39 is 0 Å². The van der Waals surface area contributed by atoms with Crippen LogP contribution in [-0.4, -0.2) is 31.0 Å². The fraction of sp³-hybridized carbons (Fsp3) is 0.304. The first-order valence-corrected chi connectivity index (χ1v) is 11.4. The van der Waals surface area contributed by atoms with E-state index in [1.54, 1.807) is 27.6 Å². The molecule has 4 rings (SSSR count). The molecule has 0 spiro atoms. The molecule has 166 valence electrons.